The minimum atomic E-state index is -0.449. The molecule has 0 saturated carbocycles. The van der Waals surface area contributed by atoms with Crippen molar-refractivity contribution in [1.82, 2.24) is 5.32 Å². The van der Waals surface area contributed by atoms with Crippen LogP contribution >= 0.6 is 11.3 Å². The van der Waals surface area contributed by atoms with Crippen molar-refractivity contribution in [3.8, 4) is 17.2 Å². The molecule has 132 valence electrons. The number of carbonyl (C=O) groups excluding carboxylic acids is 1. The number of carbonyl (C=O) groups is 1. The summed E-state index contributed by atoms with van der Waals surface area (Å²) < 4.78 is 13.9. The number of hydrogen-bond donors (Lipinski definition) is 2. The molecule has 25 heavy (non-hydrogen) atoms. The van der Waals surface area contributed by atoms with E-state index in [-0.39, 0.29) is 18.3 Å². The van der Waals surface area contributed by atoms with Crippen molar-refractivity contribution in [1.29, 1.82) is 5.26 Å². The molecule has 0 bridgehead atoms. The summed E-state index contributed by atoms with van der Waals surface area (Å²) in [6, 6.07) is 6.47. The van der Waals surface area contributed by atoms with E-state index >= 15 is 0 Å². The molecule has 1 aromatic carbocycles. The molecule has 4 nitrogen and oxygen atoms in total. The number of halogens is 1. The Hall–Kier alpha value is -2.39. The van der Waals surface area contributed by atoms with Crippen molar-refractivity contribution >= 4 is 22.9 Å². The number of hydrogen-bond acceptors (Lipinski definition) is 4. The first-order chi connectivity index (χ1) is 11.9. The summed E-state index contributed by atoms with van der Waals surface area (Å²) in [5, 5.41) is 18.4. The van der Waals surface area contributed by atoms with E-state index in [2.05, 4.69) is 10.6 Å². The van der Waals surface area contributed by atoms with Gasteiger partial charge in [0.25, 0.3) is 0 Å². The lowest BCUT2D eigenvalue weighted by Crippen LogP contribution is -2.40. The lowest BCUT2D eigenvalue weighted by atomic mass is 9.99. The van der Waals surface area contributed by atoms with Crippen LogP contribution in [0.15, 0.2) is 29.0 Å². The van der Waals surface area contributed by atoms with Crippen molar-refractivity contribution in [2.45, 2.75) is 33.2 Å². The summed E-state index contributed by atoms with van der Waals surface area (Å²) in [5.74, 6) is -0.146. The van der Waals surface area contributed by atoms with Crippen molar-refractivity contribution < 1.29 is 9.18 Å². The van der Waals surface area contributed by atoms with Crippen molar-refractivity contribution in [2.75, 3.05) is 11.9 Å². The normalized spacial score (nSPS) is 11.8. The van der Waals surface area contributed by atoms with E-state index in [1.807, 2.05) is 36.7 Å². The number of nitriles is 1. The number of anilines is 1. The summed E-state index contributed by atoms with van der Waals surface area (Å²) in [7, 11) is 0. The molecule has 0 radical (unpaired) electrons. The molecule has 1 amide bonds. The van der Waals surface area contributed by atoms with Gasteiger partial charge < -0.3 is 10.6 Å². The van der Waals surface area contributed by atoms with E-state index in [9.17, 15) is 9.18 Å². The first-order valence-corrected chi connectivity index (χ1v) is 9.11. The zero-order valence-electron chi connectivity index (χ0n) is 14.6. The minimum Gasteiger partial charge on any atom is -0.372 e. The van der Waals surface area contributed by atoms with Crippen molar-refractivity contribution in [3.05, 3.63) is 40.3 Å². The maximum atomic E-state index is 13.9. The van der Waals surface area contributed by atoms with Gasteiger partial charge in [-0.1, -0.05) is 26.0 Å². The van der Waals surface area contributed by atoms with Crippen molar-refractivity contribution in [3.63, 3.8) is 0 Å². The quantitative estimate of drug-likeness (QED) is 0.723. The van der Waals surface area contributed by atoms with Gasteiger partial charge in [-0.3, -0.25) is 4.79 Å². The van der Waals surface area contributed by atoms with Gasteiger partial charge in [-0.25, -0.2) is 4.39 Å². The highest BCUT2D eigenvalue weighted by Crippen LogP contribution is 2.35. The number of nitrogens with one attached hydrogen (secondary N) is 2. The van der Waals surface area contributed by atoms with Gasteiger partial charge in [0.15, 0.2) is 0 Å². The lowest BCUT2D eigenvalue weighted by Gasteiger charge is -2.21. The molecular weight excluding hydrogens is 337 g/mol. The van der Waals surface area contributed by atoms with Gasteiger partial charge in [0, 0.05) is 16.3 Å². The smallest absolute Gasteiger partial charge is 0.243 e. The van der Waals surface area contributed by atoms with Crippen LogP contribution in [0.5, 0.6) is 0 Å². The molecule has 0 fully saturated rings. The molecule has 1 heterocycles. The van der Waals surface area contributed by atoms with Gasteiger partial charge in [-0.05, 0) is 36.5 Å². The standard InChI is InChI=1S/C19H22FN3OS/c1-12(2)9-17(19(24)22-8-7-21)23-18-11-25-10-15(18)14-5-4-6-16(20)13(14)3/h4-6,10-12,17,23H,8-9H2,1-3H3,(H,22,24)/t17-/m0/s1. The molecule has 2 N–H and O–H groups in total. The fraction of sp³-hybridized carbons (Fsp3) is 0.368. The van der Waals surface area contributed by atoms with Crippen LogP contribution in [0.3, 0.4) is 0 Å². The predicted octanol–water partition coefficient (Wildman–Crippen LogP) is 4.33. The van der Waals surface area contributed by atoms with E-state index < -0.39 is 6.04 Å². The molecule has 0 saturated heterocycles. The van der Waals surface area contributed by atoms with Gasteiger partial charge in [0.2, 0.25) is 5.91 Å². The lowest BCUT2D eigenvalue weighted by molar-refractivity contribution is -0.121. The highest BCUT2D eigenvalue weighted by molar-refractivity contribution is 7.08. The van der Waals surface area contributed by atoms with Gasteiger partial charge in [0.1, 0.15) is 18.4 Å². The Morgan fingerprint density at radius 3 is 2.76 bits per heavy atom. The molecular formula is C19H22FN3OS. The first-order valence-electron chi connectivity index (χ1n) is 8.17. The van der Waals surface area contributed by atoms with Crippen LogP contribution in [0, 0.1) is 30.0 Å². The topological polar surface area (TPSA) is 64.9 Å². The third-order valence-corrected chi connectivity index (χ3v) is 4.66. The monoisotopic (exact) mass is 359 g/mol. The van der Waals surface area contributed by atoms with E-state index in [0.29, 0.717) is 17.9 Å². The molecule has 0 unspecified atom stereocenters. The Labute approximate surface area is 151 Å². The van der Waals surface area contributed by atoms with Crippen LogP contribution in [0.4, 0.5) is 10.1 Å². The zero-order chi connectivity index (χ0) is 18.4. The molecule has 1 aromatic heterocycles. The molecule has 2 rings (SSSR count). The van der Waals surface area contributed by atoms with E-state index in [1.54, 1.807) is 13.0 Å². The fourth-order valence-electron chi connectivity index (χ4n) is 2.66. The number of benzene rings is 1. The van der Waals surface area contributed by atoms with Crippen LogP contribution in [0.1, 0.15) is 25.8 Å². The van der Waals surface area contributed by atoms with Crippen LogP contribution < -0.4 is 10.6 Å². The van der Waals surface area contributed by atoms with Crippen molar-refractivity contribution in [2.24, 2.45) is 5.92 Å². The number of rotatable bonds is 7. The second kappa shape index (κ2) is 8.63. The average Bonchev–Trinajstić information content (AvgIpc) is 3.02. The van der Waals surface area contributed by atoms with E-state index in [4.69, 9.17) is 5.26 Å². The summed E-state index contributed by atoms with van der Waals surface area (Å²) in [6.07, 6.45) is 0.634. The van der Waals surface area contributed by atoms with Gasteiger partial charge >= 0.3 is 0 Å². The largest absolute Gasteiger partial charge is 0.372 e. The molecule has 0 spiro atoms. The Bertz CT molecular complexity index is 779. The fourth-order valence-corrected chi connectivity index (χ4v) is 3.45. The Morgan fingerprint density at radius 1 is 1.32 bits per heavy atom. The van der Waals surface area contributed by atoms with Gasteiger partial charge in [0.05, 0.1) is 11.8 Å². The van der Waals surface area contributed by atoms with Crippen LogP contribution in [0.25, 0.3) is 11.1 Å². The third kappa shape index (κ3) is 4.80. The highest BCUT2D eigenvalue weighted by Gasteiger charge is 2.21. The highest BCUT2D eigenvalue weighted by atomic mass is 32.1. The van der Waals surface area contributed by atoms with E-state index in [1.165, 1.54) is 17.4 Å². The van der Waals surface area contributed by atoms with E-state index in [0.717, 1.165) is 16.8 Å². The summed E-state index contributed by atoms with van der Waals surface area (Å²) in [4.78, 5) is 12.4. The summed E-state index contributed by atoms with van der Waals surface area (Å²) in [5.41, 5.74) is 3.07. The summed E-state index contributed by atoms with van der Waals surface area (Å²) in [6.45, 7) is 5.81. The Balaban J connectivity index is 2.29. The zero-order valence-corrected chi connectivity index (χ0v) is 15.4. The van der Waals surface area contributed by atoms with Gasteiger partial charge in [-0.15, -0.1) is 11.3 Å². The van der Waals surface area contributed by atoms with Crippen LogP contribution in [0.2, 0.25) is 0 Å². The second-order valence-corrected chi connectivity index (χ2v) is 7.06. The number of thiophene rings is 1. The molecule has 0 aliphatic heterocycles. The predicted molar refractivity (Wildman–Crippen MR) is 99.9 cm³/mol. The van der Waals surface area contributed by atoms with Crippen LogP contribution in [-0.4, -0.2) is 18.5 Å². The number of amides is 1. The second-order valence-electron chi connectivity index (χ2n) is 6.31. The minimum absolute atomic E-state index is 0.0192. The van der Waals surface area contributed by atoms with Gasteiger partial charge in [-0.2, -0.15) is 5.26 Å². The average molecular weight is 359 g/mol. The SMILES string of the molecule is Cc1c(F)cccc1-c1cscc1N[C@@H](CC(C)C)C(=O)NCC#N. The Kier molecular flexibility index (Phi) is 6.54. The summed E-state index contributed by atoms with van der Waals surface area (Å²) >= 11 is 1.50. The molecule has 2 aromatic rings. The Morgan fingerprint density at radius 2 is 2.08 bits per heavy atom. The molecule has 6 heteroatoms. The maximum absolute atomic E-state index is 13.9. The molecule has 0 aliphatic carbocycles. The third-order valence-electron chi connectivity index (χ3n) is 3.91. The van der Waals surface area contributed by atoms with Crippen LogP contribution in [-0.2, 0) is 4.79 Å². The molecule has 1 atom stereocenters. The first kappa shape index (κ1) is 18.9. The molecule has 0 aliphatic rings. The maximum Gasteiger partial charge on any atom is 0.243 e. The number of nitrogens with zero attached hydrogens (tertiary/aromatic N) is 1.